The van der Waals surface area contributed by atoms with Gasteiger partial charge in [-0.05, 0) is 23.6 Å². The first-order chi connectivity index (χ1) is 12.1. The SMILES string of the molecule is O=C(C[C@@H]1S/C(=N/N=C\c2cccs2)NC1=O)Nc1ccccc1F. The first-order valence-electron chi connectivity index (χ1n) is 7.28. The molecule has 1 fully saturated rings. The predicted octanol–water partition coefficient (Wildman–Crippen LogP) is 2.84. The Balaban J connectivity index is 1.55. The summed E-state index contributed by atoms with van der Waals surface area (Å²) in [5.41, 5.74) is 0.0883. The molecule has 1 aliphatic rings. The number of carbonyl (C=O) groups excluding carboxylic acids is 2. The summed E-state index contributed by atoms with van der Waals surface area (Å²) in [6, 6.07) is 9.65. The standard InChI is InChI=1S/C16H13FN4O2S2/c17-11-5-1-2-6-12(11)19-14(22)8-13-15(23)20-16(25-13)21-18-9-10-4-3-7-24-10/h1-7,9,13H,8H2,(H,19,22)(H,20,21,23)/b18-9-/t13-/m0/s1. The summed E-state index contributed by atoms with van der Waals surface area (Å²) in [5.74, 6) is -1.29. The molecule has 128 valence electrons. The molecule has 25 heavy (non-hydrogen) atoms. The first-order valence-corrected chi connectivity index (χ1v) is 9.04. The Morgan fingerprint density at radius 1 is 1.32 bits per heavy atom. The zero-order chi connectivity index (χ0) is 17.6. The number of carbonyl (C=O) groups is 2. The zero-order valence-electron chi connectivity index (χ0n) is 12.8. The molecule has 1 saturated heterocycles. The molecule has 0 radical (unpaired) electrons. The van der Waals surface area contributed by atoms with Crippen molar-refractivity contribution < 1.29 is 14.0 Å². The van der Waals surface area contributed by atoms with E-state index in [0.717, 1.165) is 16.6 Å². The van der Waals surface area contributed by atoms with E-state index in [1.165, 1.54) is 29.5 Å². The number of hydrogen-bond acceptors (Lipinski definition) is 6. The Morgan fingerprint density at radius 3 is 2.92 bits per heavy atom. The number of benzene rings is 1. The summed E-state index contributed by atoms with van der Waals surface area (Å²) in [5, 5.41) is 14.5. The van der Waals surface area contributed by atoms with Gasteiger partial charge in [0, 0.05) is 11.3 Å². The molecule has 2 aromatic rings. The van der Waals surface area contributed by atoms with Gasteiger partial charge >= 0.3 is 0 Å². The van der Waals surface area contributed by atoms with Crippen molar-refractivity contribution in [1.82, 2.24) is 5.32 Å². The number of nitrogens with one attached hydrogen (secondary N) is 2. The smallest absolute Gasteiger partial charge is 0.240 e. The Hall–Kier alpha value is -2.52. The monoisotopic (exact) mass is 376 g/mol. The average Bonchev–Trinajstić information content (AvgIpc) is 3.20. The van der Waals surface area contributed by atoms with Crippen molar-refractivity contribution in [2.45, 2.75) is 11.7 Å². The quantitative estimate of drug-likeness (QED) is 0.622. The Morgan fingerprint density at radius 2 is 2.16 bits per heavy atom. The van der Waals surface area contributed by atoms with Crippen molar-refractivity contribution >= 4 is 52.0 Å². The van der Waals surface area contributed by atoms with Gasteiger partial charge in [0.2, 0.25) is 11.8 Å². The lowest BCUT2D eigenvalue weighted by atomic mass is 10.2. The third kappa shape index (κ3) is 4.74. The van der Waals surface area contributed by atoms with Gasteiger partial charge < -0.3 is 10.6 Å². The van der Waals surface area contributed by atoms with Gasteiger partial charge in [-0.2, -0.15) is 5.10 Å². The molecule has 0 aliphatic carbocycles. The van der Waals surface area contributed by atoms with Crippen LogP contribution in [-0.4, -0.2) is 28.4 Å². The summed E-state index contributed by atoms with van der Waals surface area (Å²) >= 11 is 2.64. The van der Waals surface area contributed by atoms with Crippen molar-refractivity contribution in [3.05, 3.63) is 52.5 Å². The molecule has 3 rings (SSSR count). The van der Waals surface area contributed by atoms with E-state index >= 15 is 0 Å². The number of rotatable bonds is 5. The number of nitrogens with zero attached hydrogens (tertiary/aromatic N) is 2. The topological polar surface area (TPSA) is 82.9 Å². The third-order valence-electron chi connectivity index (χ3n) is 3.17. The normalized spacial score (nSPS) is 18.7. The Kier molecular flexibility index (Phi) is 5.56. The van der Waals surface area contributed by atoms with E-state index in [1.54, 1.807) is 12.3 Å². The van der Waals surface area contributed by atoms with Crippen molar-refractivity contribution in [1.29, 1.82) is 0 Å². The minimum Gasteiger partial charge on any atom is -0.324 e. The van der Waals surface area contributed by atoms with Gasteiger partial charge in [0.25, 0.3) is 0 Å². The molecule has 2 heterocycles. The Labute approximate surface area is 151 Å². The number of para-hydroxylation sites is 1. The molecular weight excluding hydrogens is 363 g/mol. The fraction of sp³-hybridized carbons (Fsp3) is 0.125. The van der Waals surface area contributed by atoms with Gasteiger partial charge in [0.15, 0.2) is 5.17 Å². The average molecular weight is 376 g/mol. The fourth-order valence-corrected chi connectivity index (χ4v) is 3.53. The second kappa shape index (κ2) is 8.04. The van der Waals surface area contributed by atoms with Gasteiger partial charge in [0.05, 0.1) is 11.9 Å². The van der Waals surface area contributed by atoms with Crippen LogP contribution in [0.2, 0.25) is 0 Å². The van der Waals surface area contributed by atoms with Crippen LogP contribution >= 0.6 is 23.1 Å². The number of amidine groups is 1. The molecule has 2 amide bonds. The number of halogens is 1. The molecule has 0 saturated carbocycles. The van der Waals surface area contributed by atoms with Crippen molar-refractivity contribution in [3.63, 3.8) is 0 Å². The summed E-state index contributed by atoms with van der Waals surface area (Å²) < 4.78 is 13.5. The van der Waals surface area contributed by atoms with E-state index in [-0.39, 0.29) is 18.0 Å². The highest BCUT2D eigenvalue weighted by Gasteiger charge is 2.32. The summed E-state index contributed by atoms with van der Waals surface area (Å²) in [6.45, 7) is 0. The molecule has 2 N–H and O–H groups in total. The van der Waals surface area contributed by atoms with Crippen LogP contribution in [0.15, 0.2) is 52.0 Å². The molecule has 9 heteroatoms. The van der Waals surface area contributed by atoms with Crippen molar-refractivity contribution in [2.75, 3.05) is 5.32 Å². The highest BCUT2D eigenvalue weighted by molar-refractivity contribution is 8.15. The molecule has 1 aromatic carbocycles. The third-order valence-corrected chi connectivity index (χ3v) is 5.05. The molecule has 1 atom stereocenters. The first kappa shape index (κ1) is 17.3. The van der Waals surface area contributed by atoms with Gasteiger partial charge in [-0.25, -0.2) is 4.39 Å². The Bertz CT molecular complexity index is 836. The molecule has 1 aliphatic heterocycles. The molecular formula is C16H13FN4O2S2. The molecule has 0 bridgehead atoms. The minimum atomic E-state index is -0.623. The van der Waals surface area contributed by atoms with Crippen molar-refractivity contribution in [3.8, 4) is 0 Å². The highest BCUT2D eigenvalue weighted by atomic mass is 32.2. The maximum absolute atomic E-state index is 13.5. The fourth-order valence-electron chi connectivity index (χ4n) is 2.02. The van der Waals surface area contributed by atoms with E-state index in [2.05, 4.69) is 20.8 Å². The lowest BCUT2D eigenvalue weighted by Gasteiger charge is -2.07. The molecule has 1 aromatic heterocycles. The summed E-state index contributed by atoms with van der Waals surface area (Å²) in [4.78, 5) is 24.9. The molecule has 0 unspecified atom stereocenters. The summed E-state index contributed by atoms with van der Waals surface area (Å²) in [7, 11) is 0. The summed E-state index contributed by atoms with van der Waals surface area (Å²) in [6.07, 6.45) is 1.50. The van der Waals surface area contributed by atoms with Crippen LogP contribution < -0.4 is 10.6 Å². The second-order valence-corrected chi connectivity index (χ2v) is 7.16. The van der Waals surface area contributed by atoms with E-state index in [9.17, 15) is 14.0 Å². The largest absolute Gasteiger partial charge is 0.324 e. The minimum absolute atomic E-state index is 0.0848. The highest BCUT2D eigenvalue weighted by Crippen LogP contribution is 2.23. The second-order valence-electron chi connectivity index (χ2n) is 4.99. The maximum atomic E-state index is 13.5. The lowest BCUT2D eigenvalue weighted by molar-refractivity contribution is -0.122. The van der Waals surface area contributed by atoms with Gasteiger partial charge in [-0.1, -0.05) is 30.0 Å². The molecule has 0 spiro atoms. The molecule has 6 nitrogen and oxygen atoms in total. The van der Waals surface area contributed by atoms with Crippen LogP contribution in [-0.2, 0) is 9.59 Å². The van der Waals surface area contributed by atoms with Crippen LogP contribution in [0, 0.1) is 5.82 Å². The van der Waals surface area contributed by atoms with Crippen LogP contribution in [0.4, 0.5) is 10.1 Å². The van der Waals surface area contributed by atoms with Crippen LogP contribution in [0.5, 0.6) is 0 Å². The van der Waals surface area contributed by atoms with Crippen molar-refractivity contribution in [2.24, 2.45) is 10.2 Å². The number of hydrogen-bond donors (Lipinski definition) is 2. The van der Waals surface area contributed by atoms with Gasteiger partial charge in [-0.15, -0.1) is 16.4 Å². The number of anilines is 1. The number of thiophene rings is 1. The van der Waals surface area contributed by atoms with E-state index < -0.39 is 17.0 Å². The lowest BCUT2D eigenvalue weighted by Crippen LogP contribution is -2.28. The van der Waals surface area contributed by atoms with E-state index in [1.807, 2.05) is 17.5 Å². The van der Waals surface area contributed by atoms with Gasteiger partial charge in [-0.3, -0.25) is 9.59 Å². The zero-order valence-corrected chi connectivity index (χ0v) is 14.4. The van der Waals surface area contributed by atoms with Crippen LogP contribution in [0.3, 0.4) is 0 Å². The number of thioether (sulfide) groups is 1. The maximum Gasteiger partial charge on any atom is 0.240 e. The number of amides is 2. The van der Waals surface area contributed by atoms with Gasteiger partial charge in [0.1, 0.15) is 11.1 Å². The van der Waals surface area contributed by atoms with Crippen LogP contribution in [0.1, 0.15) is 11.3 Å². The van der Waals surface area contributed by atoms with E-state index in [0.29, 0.717) is 5.17 Å². The van der Waals surface area contributed by atoms with E-state index in [4.69, 9.17) is 0 Å². The van der Waals surface area contributed by atoms with Crippen LogP contribution in [0.25, 0.3) is 0 Å². The predicted molar refractivity (Wildman–Crippen MR) is 98.5 cm³/mol.